The van der Waals surface area contributed by atoms with Crippen molar-refractivity contribution in [1.82, 2.24) is 10.2 Å². The summed E-state index contributed by atoms with van der Waals surface area (Å²) in [4.78, 5) is 15.2. The summed E-state index contributed by atoms with van der Waals surface area (Å²) in [6.07, 6.45) is 2.73. The van der Waals surface area contributed by atoms with Gasteiger partial charge in [-0.2, -0.15) is 0 Å². The molecule has 6 heteroatoms. The van der Waals surface area contributed by atoms with Crippen molar-refractivity contribution < 1.29 is 13.9 Å². The van der Waals surface area contributed by atoms with Gasteiger partial charge < -0.3 is 10.1 Å². The molecule has 164 valence electrons. The van der Waals surface area contributed by atoms with Crippen LogP contribution in [0.25, 0.3) is 11.1 Å². The number of carbonyl (C=O) groups is 1. The third kappa shape index (κ3) is 3.94. The topological polar surface area (TPSA) is 41.6 Å². The Hall–Kier alpha value is -2.11. The summed E-state index contributed by atoms with van der Waals surface area (Å²) >= 11 is 5.83. The van der Waals surface area contributed by atoms with Crippen molar-refractivity contribution >= 4 is 17.7 Å². The second-order valence-corrected chi connectivity index (χ2v) is 10.3. The Morgan fingerprint density at radius 1 is 1.16 bits per heavy atom. The summed E-state index contributed by atoms with van der Waals surface area (Å²) in [5.41, 5.74) is 3.88. The molecule has 4 aliphatic rings. The van der Waals surface area contributed by atoms with Crippen molar-refractivity contribution in [3.8, 4) is 11.1 Å². The third-order valence-electron chi connectivity index (χ3n) is 7.25. The van der Waals surface area contributed by atoms with Crippen LogP contribution in [-0.2, 0) is 11.2 Å². The van der Waals surface area contributed by atoms with E-state index in [1.165, 1.54) is 11.6 Å². The van der Waals surface area contributed by atoms with E-state index in [-0.39, 0.29) is 28.7 Å². The molecule has 3 fully saturated rings. The highest BCUT2D eigenvalue weighted by atomic mass is 35.5. The first-order valence-corrected chi connectivity index (χ1v) is 11.5. The SMILES string of the molecule is CC1(C)Cc2cc(-c3ccc(Cl)c(F)c3)ccc2C1NC(=O)O[C@H]1CN2CCC1CC2. The number of nitrogens with zero attached hydrogens (tertiary/aromatic N) is 1. The van der Waals surface area contributed by atoms with Gasteiger partial charge in [0, 0.05) is 6.54 Å². The lowest BCUT2D eigenvalue weighted by molar-refractivity contribution is -0.0348. The van der Waals surface area contributed by atoms with Crippen LogP contribution in [0.5, 0.6) is 0 Å². The third-order valence-corrected chi connectivity index (χ3v) is 7.56. The lowest BCUT2D eigenvalue weighted by Crippen LogP contribution is -2.53. The number of ether oxygens (including phenoxy) is 1. The summed E-state index contributed by atoms with van der Waals surface area (Å²) in [6.45, 7) is 7.41. The monoisotopic (exact) mass is 442 g/mol. The van der Waals surface area contributed by atoms with E-state index < -0.39 is 5.82 Å². The highest BCUT2D eigenvalue weighted by Gasteiger charge is 2.42. The summed E-state index contributed by atoms with van der Waals surface area (Å²) in [5, 5.41) is 3.27. The number of amides is 1. The van der Waals surface area contributed by atoms with E-state index in [9.17, 15) is 9.18 Å². The fourth-order valence-corrected chi connectivity index (χ4v) is 5.63. The number of carbonyl (C=O) groups excluding carboxylic acids is 1. The molecule has 3 aliphatic heterocycles. The maximum atomic E-state index is 13.9. The zero-order valence-electron chi connectivity index (χ0n) is 18.0. The second kappa shape index (κ2) is 7.79. The Labute approximate surface area is 187 Å². The summed E-state index contributed by atoms with van der Waals surface area (Å²) in [7, 11) is 0. The van der Waals surface area contributed by atoms with Gasteiger partial charge in [0.25, 0.3) is 0 Å². The molecule has 2 aromatic rings. The van der Waals surface area contributed by atoms with Crippen molar-refractivity contribution in [3.63, 3.8) is 0 Å². The number of hydrogen-bond donors (Lipinski definition) is 1. The molecular formula is C25H28ClFN2O2. The first-order chi connectivity index (χ1) is 14.8. The fourth-order valence-electron chi connectivity index (χ4n) is 5.52. The molecule has 0 aromatic heterocycles. The molecular weight excluding hydrogens is 415 g/mol. The number of fused-ring (bicyclic) bond motifs is 4. The predicted molar refractivity (Wildman–Crippen MR) is 120 cm³/mol. The van der Waals surface area contributed by atoms with Crippen molar-refractivity contribution in [2.45, 2.75) is 45.3 Å². The molecule has 2 aromatic carbocycles. The number of rotatable bonds is 3. The lowest BCUT2D eigenvalue weighted by atomic mass is 9.85. The van der Waals surface area contributed by atoms with E-state index >= 15 is 0 Å². The molecule has 1 unspecified atom stereocenters. The van der Waals surface area contributed by atoms with Crippen LogP contribution >= 0.6 is 11.6 Å². The van der Waals surface area contributed by atoms with Gasteiger partial charge in [-0.15, -0.1) is 0 Å². The minimum Gasteiger partial charge on any atom is -0.445 e. The van der Waals surface area contributed by atoms with Gasteiger partial charge >= 0.3 is 6.09 Å². The molecule has 2 atom stereocenters. The molecule has 1 amide bonds. The number of nitrogens with one attached hydrogen (secondary N) is 1. The van der Waals surface area contributed by atoms with Gasteiger partial charge in [0.05, 0.1) is 11.1 Å². The molecule has 6 rings (SSSR count). The van der Waals surface area contributed by atoms with Crippen LogP contribution in [0, 0.1) is 17.2 Å². The Morgan fingerprint density at radius 3 is 2.55 bits per heavy atom. The number of halogens is 2. The summed E-state index contributed by atoms with van der Waals surface area (Å²) < 4.78 is 19.8. The van der Waals surface area contributed by atoms with Gasteiger partial charge in [0.1, 0.15) is 11.9 Å². The van der Waals surface area contributed by atoms with E-state index in [1.807, 2.05) is 18.2 Å². The number of benzene rings is 2. The number of piperidine rings is 3. The van der Waals surface area contributed by atoms with Crippen molar-refractivity contribution in [2.75, 3.05) is 19.6 Å². The summed E-state index contributed by atoms with van der Waals surface area (Å²) in [5.74, 6) is 0.0666. The molecule has 4 nitrogen and oxygen atoms in total. The van der Waals surface area contributed by atoms with E-state index in [1.54, 1.807) is 6.07 Å². The molecule has 0 radical (unpaired) electrons. The smallest absolute Gasteiger partial charge is 0.407 e. The van der Waals surface area contributed by atoms with E-state index in [2.05, 4.69) is 30.1 Å². The van der Waals surface area contributed by atoms with Gasteiger partial charge in [0.2, 0.25) is 0 Å². The van der Waals surface area contributed by atoms with Crippen LogP contribution in [0.1, 0.15) is 43.9 Å². The quantitative estimate of drug-likeness (QED) is 0.673. The Morgan fingerprint density at radius 2 is 1.87 bits per heavy atom. The highest BCUT2D eigenvalue weighted by Crippen LogP contribution is 2.46. The molecule has 2 bridgehead atoms. The van der Waals surface area contributed by atoms with Crippen molar-refractivity contribution in [1.29, 1.82) is 0 Å². The lowest BCUT2D eigenvalue weighted by Gasteiger charge is -2.44. The normalized spacial score (nSPS) is 28.3. The van der Waals surface area contributed by atoms with Crippen molar-refractivity contribution in [3.05, 3.63) is 58.4 Å². The van der Waals surface area contributed by atoms with Gasteiger partial charge in [-0.1, -0.05) is 49.7 Å². The van der Waals surface area contributed by atoms with Crippen LogP contribution in [0.15, 0.2) is 36.4 Å². The number of alkyl carbamates (subject to hydrolysis) is 1. The maximum Gasteiger partial charge on any atom is 0.407 e. The van der Waals surface area contributed by atoms with Crippen LogP contribution in [0.4, 0.5) is 9.18 Å². The molecule has 0 spiro atoms. The van der Waals surface area contributed by atoms with Crippen LogP contribution < -0.4 is 5.32 Å². The maximum absolute atomic E-state index is 13.9. The molecule has 31 heavy (non-hydrogen) atoms. The zero-order chi connectivity index (χ0) is 21.8. The standard InChI is InChI=1S/C25H28ClFN2O2/c1-25(2)13-18-11-16(17-4-6-20(26)21(27)12-17)3-5-19(18)23(25)28-24(30)31-22-14-29-9-7-15(22)8-10-29/h3-6,11-12,15,22-23H,7-10,13-14H2,1-2H3,(H,28,30)/t22-,23?/m0/s1. The first-order valence-electron chi connectivity index (χ1n) is 11.1. The molecule has 1 N–H and O–H groups in total. The Bertz CT molecular complexity index is 1020. The molecule has 1 aliphatic carbocycles. The van der Waals surface area contributed by atoms with E-state index in [0.717, 1.165) is 55.6 Å². The molecule has 0 saturated carbocycles. The van der Waals surface area contributed by atoms with Gasteiger partial charge in [-0.05, 0) is 78.1 Å². The average Bonchev–Trinajstić information content (AvgIpc) is 2.99. The van der Waals surface area contributed by atoms with E-state index in [0.29, 0.717) is 5.92 Å². The fraction of sp³-hybridized carbons (Fsp3) is 0.480. The van der Waals surface area contributed by atoms with Gasteiger partial charge in [-0.3, -0.25) is 4.90 Å². The largest absolute Gasteiger partial charge is 0.445 e. The molecule has 3 heterocycles. The second-order valence-electron chi connectivity index (χ2n) is 9.87. The highest BCUT2D eigenvalue weighted by molar-refractivity contribution is 6.30. The Kier molecular flexibility index (Phi) is 5.22. The Balaban J connectivity index is 1.33. The average molecular weight is 443 g/mol. The minimum absolute atomic E-state index is 0.00587. The molecule has 3 saturated heterocycles. The first kappa shape index (κ1) is 20.8. The van der Waals surface area contributed by atoms with Crippen LogP contribution in [-0.4, -0.2) is 36.7 Å². The summed E-state index contributed by atoms with van der Waals surface area (Å²) in [6, 6.07) is 10.9. The van der Waals surface area contributed by atoms with Gasteiger partial charge in [0.15, 0.2) is 0 Å². The predicted octanol–water partition coefficient (Wildman–Crippen LogP) is 5.59. The zero-order valence-corrected chi connectivity index (χ0v) is 18.7. The van der Waals surface area contributed by atoms with Crippen molar-refractivity contribution in [2.24, 2.45) is 11.3 Å². The number of hydrogen-bond acceptors (Lipinski definition) is 3. The van der Waals surface area contributed by atoms with Crippen LogP contribution in [0.2, 0.25) is 5.02 Å². The van der Waals surface area contributed by atoms with Gasteiger partial charge in [-0.25, -0.2) is 9.18 Å². The minimum atomic E-state index is -0.421. The van der Waals surface area contributed by atoms with Crippen LogP contribution in [0.3, 0.4) is 0 Å². The van der Waals surface area contributed by atoms with E-state index in [4.69, 9.17) is 16.3 Å².